The first-order valence-electron chi connectivity index (χ1n) is 6.78. The number of fused-ring (bicyclic) bond motifs is 1. The quantitative estimate of drug-likeness (QED) is 0.870. The van der Waals surface area contributed by atoms with Gasteiger partial charge in [0.1, 0.15) is 0 Å². The van der Waals surface area contributed by atoms with E-state index >= 15 is 0 Å². The molecular formula is C14H18ClN3S. The average Bonchev–Trinajstić information content (AvgIpc) is 3.00. The molecular weight excluding hydrogens is 278 g/mol. The van der Waals surface area contributed by atoms with Crippen molar-refractivity contribution in [3.8, 4) is 0 Å². The molecule has 1 saturated heterocycles. The summed E-state index contributed by atoms with van der Waals surface area (Å²) in [7, 11) is 0. The monoisotopic (exact) mass is 295 g/mol. The Morgan fingerprint density at radius 1 is 1.37 bits per heavy atom. The topological polar surface area (TPSA) is 24.0 Å². The summed E-state index contributed by atoms with van der Waals surface area (Å²) in [5.41, 5.74) is 2.05. The molecule has 0 radical (unpaired) electrons. The Balaban J connectivity index is 1.94. The fraction of sp³-hybridized carbons (Fsp3) is 0.500. The third-order valence-corrected chi connectivity index (χ3v) is 4.61. The van der Waals surface area contributed by atoms with Crippen LogP contribution in [0.2, 0.25) is 5.02 Å². The molecule has 1 fully saturated rings. The summed E-state index contributed by atoms with van der Waals surface area (Å²) in [6.07, 6.45) is 2.63. The van der Waals surface area contributed by atoms with Crippen LogP contribution < -0.4 is 0 Å². The number of aromatic amines is 1. The second kappa shape index (κ2) is 5.27. The predicted octanol–water partition coefficient (Wildman–Crippen LogP) is 3.84. The van der Waals surface area contributed by atoms with Crippen molar-refractivity contribution in [3.05, 3.63) is 28.0 Å². The molecule has 1 aromatic carbocycles. The zero-order valence-corrected chi connectivity index (χ0v) is 12.6. The molecule has 1 N–H and O–H groups in total. The third kappa shape index (κ3) is 2.45. The number of para-hydroxylation sites is 1. The number of hydrogen-bond acceptors (Lipinski definition) is 2. The molecule has 102 valence electrons. The van der Waals surface area contributed by atoms with Crippen molar-refractivity contribution in [1.29, 1.82) is 0 Å². The van der Waals surface area contributed by atoms with Crippen LogP contribution >= 0.6 is 23.8 Å². The fourth-order valence-electron chi connectivity index (χ4n) is 2.89. The van der Waals surface area contributed by atoms with Crippen LogP contribution in [0, 0.1) is 4.77 Å². The number of benzene rings is 1. The van der Waals surface area contributed by atoms with E-state index in [-0.39, 0.29) is 0 Å². The van der Waals surface area contributed by atoms with E-state index in [4.69, 9.17) is 23.8 Å². The standard InChI is InChI=1S/C14H18ClN3S/c1-10(17-7-2-3-8-17)9-18-12-6-4-5-11(15)13(12)16-14(18)19/h4-6,10H,2-3,7-9H2,1H3,(H,16,19). The summed E-state index contributed by atoms with van der Waals surface area (Å²) in [4.78, 5) is 5.75. The van der Waals surface area contributed by atoms with Crippen LogP contribution in [0.3, 0.4) is 0 Å². The summed E-state index contributed by atoms with van der Waals surface area (Å²) in [6.45, 7) is 5.60. The molecule has 1 unspecified atom stereocenters. The highest BCUT2D eigenvalue weighted by Crippen LogP contribution is 2.23. The molecule has 0 spiro atoms. The van der Waals surface area contributed by atoms with E-state index in [1.165, 1.54) is 25.9 Å². The highest BCUT2D eigenvalue weighted by Gasteiger charge is 2.19. The van der Waals surface area contributed by atoms with E-state index in [0.29, 0.717) is 6.04 Å². The van der Waals surface area contributed by atoms with Gasteiger partial charge in [0.05, 0.1) is 16.1 Å². The lowest BCUT2D eigenvalue weighted by Gasteiger charge is -2.24. The molecule has 1 aromatic heterocycles. The molecule has 0 aliphatic carbocycles. The number of aromatic nitrogens is 2. The van der Waals surface area contributed by atoms with E-state index in [0.717, 1.165) is 27.4 Å². The predicted molar refractivity (Wildman–Crippen MR) is 82.4 cm³/mol. The highest BCUT2D eigenvalue weighted by atomic mass is 35.5. The van der Waals surface area contributed by atoms with Crippen LogP contribution in [0.15, 0.2) is 18.2 Å². The highest BCUT2D eigenvalue weighted by molar-refractivity contribution is 7.71. The van der Waals surface area contributed by atoms with E-state index in [1.807, 2.05) is 12.1 Å². The van der Waals surface area contributed by atoms with Crippen molar-refractivity contribution < 1.29 is 0 Å². The van der Waals surface area contributed by atoms with Crippen LogP contribution in [0.1, 0.15) is 19.8 Å². The average molecular weight is 296 g/mol. The van der Waals surface area contributed by atoms with E-state index in [2.05, 4.69) is 27.4 Å². The van der Waals surface area contributed by atoms with Gasteiger partial charge in [0.15, 0.2) is 4.77 Å². The van der Waals surface area contributed by atoms with Gasteiger partial charge in [0.25, 0.3) is 0 Å². The van der Waals surface area contributed by atoms with Gasteiger partial charge in [-0.25, -0.2) is 0 Å². The summed E-state index contributed by atoms with van der Waals surface area (Å²) >= 11 is 11.6. The normalized spacial score (nSPS) is 18.2. The number of nitrogens with one attached hydrogen (secondary N) is 1. The Morgan fingerprint density at radius 2 is 2.11 bits per heavy atom. The largest absolute Gasteiger partial charge is 0.329 e. The van der Waals surface area contributed by atoms with E-state index in [9.17, 15) is 0 Å². The summed E-state index contributed by atoms with van der Waals surface area (Å²) in [5, 5.41) is 0.733. The van der Waals surface area contributed by atoms with Gasteiger partial charge < -0.3 is 9.55 Å². The number of halogens is 1. The second-order valence-corrected chi connectivity index (χ2v) is 6.06. The van der Waals surface area contributed by atoms with Gasteiger partial charge in [-0.2, -0.15) is 0 Å². The minimum Gasteiger partial charge on any atom is -0.329 e. The SMILES string of the molecule is CC(Cn1c(=S)[nH]c2c(Cl)cccc21)N1CCCC1. The van der Waals surface area contributed by atoms with Crippen molar-refractivity contribution in [1.82, 2.24) is 14.5 Å². The molecule has 1 aliphatic rings. The van der Waals surface area contributed by atoms with Crippen LogP contribution in [-0.4, -0.2) is 33.6 Å². The van der Waals surface area contributed by atoms with Crippen LogP contribution in [0.5, 0.6) is 0 Å². The number of hydrogen-bond donors (Lipinski definition) is 1. The molecule has 3 nitrogen and oxygen atoms in total. The van der Waals surface area contributed by atoms with E-state index < -0.39 is 0 Å². The maximum Gasteiger partial charge on any atom is 0.178 e. The minimum atomic E-state index is 0.507. The molecule has 1 aliphatic heterocycles. The molecule has 19 heavy (non-hydrogen) atoms. The fourth-order valence-corrected chi connectivity index (χ4v) is 3.38. The molecule has 2 heterocycles. The van der Waals surface area contributed by atoms with Gasteiger partial charge in [0, 0.05) is 12.6 Å². The third-order valence-electron chi connectivity index (χ3n) is 3.97. The summed E-state index contributed by atoms with van der Waals surface area (Å²) in [5.74, 6) is 0. The first-order chi connectivity index (χ1) is 9.16. The summed E-state index contributed by atoms with van der Waals surface area (Å²) < 4.78 is 2.92. The lowest BCUT2D eigenvalue weighted by molar-refractivity contribution is 0.237. The van der Waals surface area contributed by atoms with Crippen LogP contribution in [0.25, 0.3) is 11.0 Å². The van der Waals surface area contributed by atoms with Gasteiger partial charge in [-0.3, -0.25) is 4.90 Å². The molecule has 1 atom stereocenters. The van der Waals surface area contributed by atoms with Crippen molar-refractivity contribution in [3.63, 3.8) is 0 Å². The first kappa shape index (κ1) is 13.2. The lowest BCUT2D eigenvalue weighted by atomic mass is 10.2. The molecule has 0 saturated carbocycles. The first-order valence-corrected chi connectivity index (χ1v) is 7.56. The Labute approximate surface area is 123 Å². The Hall–Kier alpha value is -0.840. The molecule has 3 rings (SSSR count). The van der Waals surface area contributed by atoms with Gasteiger partial charge in [-0.15, -0.1) is 0 Å². The van der Waals surface area contributed by atoms with Gasteiger partial charge in [0.2, 0.25) is 0 Å². The molecule has 0 amide bonds. The number of nitrogens with zero attached hydrogens (tertiary/aromatic N) is 2. The second-order valence-electron chi connectivity index (χ2n) is 5.27. The summed E-state index contributed by atoms with van der Waals surface area (Å²) in [6, 6.07) is 6.45. The smallest absolute Gasteiger partial charge is 0.178 e. The zero-order valence-electron chi connectivity index (χ0n) is 11.0. The van der Waals surface area contributed by atoms with Crippen molar-refractivity contribution in [2.24, 2.45) is 0 Å². The minimum absolute atomic E-state index is 0.507. The van der Waals surface area contributed by atoms with Gasteiger partial charge in [-0.05, 0) is 57.2 Å². The van der Waals surface area contributed by atoms with Crippen molar-refractivity contribution >= 4 is 34.9 Å². The molecule has 5 heteroatoms. The lowest BCUT2D eigenvalue weighted by Crippen LogP contribution is -2.33. The van der Waals surface area contributed by atoms with E-state index in [1.54, 1.807) is 0 Å². The van der Waals surface area contributed by atoms with Crippen LogP contribution in [0.4, 0.5) is 0 Å². The maximum atomic E-state index is 6.20. The zero-order chi connectivity index (χ0) is 13.4. The Morgan fingerprint density at radius 3 is 2.84 bits per heavy atom. The van der Waals surface area contributed by atoms with Crippen LogP contribution in [-0.2, 0) is 6.54 Å². The number of imidazole rings is 1. The molecule has 2 aromatic rings. The Kier molecular flexibility index (Phi) is 3.65. The molecule has 0 bridgehead atoms. The van der Waals surface area contributed by atoms with Gasteiger partial charge in [-0.1, -0.05) is 17.7 Å². The van der Waals surface area contributed by atoms with Crippen molar-refractivity contribution in [2.45, 2.75) is 32.4 Å². The van der Waals surface area contributed by atoms with Crippen molar-refractivity contribution in [2.75, 3.05) is 13.1 Å². The number of rotatable bonds is 3. The number of H-pyrrole nitrogens is 1. The number of likely N-dealkylation sites (tertiary alicyclic amines) is 1. The maximum absolute atomic E-state index is 6.20. The van der Waals surface area contributed by atoms with Gasteiger partial charge >= 0.3 is 0 Å². The Bertz CT molecular complexity index is 640.